The van der Waals surface area contributed by atoms with E-state index in [9.17, 15) is 0 Å². The molecule has 0 aliphatic heterocycles. The Morgan fingerprint density at radius 3 is 2.87 bits per heavy atom. The quantitative estimate of drug-likeness (QED) is 0.805. The Bertz CT molecular complexity index is 540. The van der Waals surface area contributed by atoms with E-state index >= 15 is 0 Å². The predicted octanol–water partition coefficient (Wildman–Crippen LogP) is 2.78. The summed E-state index contributed by atoms with van der Waals surface area (Å²) in [6.07, 6.45) is 2.29. The third kappa shape index (κ3) is 1.16. The summed E-state index contributed by atoms with van der Waals surface area (Å²) >= 11 is 6.19. The van der Waals surface area contributed by atoms with E-state index in [1.807, 2.05) is 18.2 Å². The lowest BCUT2D eigenvalue weighted by atomic mass is 10.2. The van der Waals surface area contributed by atoms with Gasteiger partial charge >= 0.3 is 0 Å². The van der Waals surface area contributed by atoms with E-state index in [1.165, 1.54) is 0 Å². The van der Waals surface area contributed by atoms with Gasteiger partial charge in [0.1, 0.15) is 0 Å². The molecule has 1 fully saturated rings. The van der Waals surface area contributed by atoms with Crippen LogP contribution in [0.4, 0.5) is 5.95 Å². The summed E-state index contributed by atoms with van der Waals surface area (Å²) in [6, 6.07) is 5.73. The number of aromatic nitrogens is 2. The number of halogens is 1. The summed E-state index contributed by atoms with van der Waals surface area (Å²) < 4.78 is 2.07. The molecule has 1 aliphatic carbocycles. The highest BCUT2D eigenvalue weighted by atomic mass is 35.5. The third-order valence-electron chi connectivity index (χ3n) is 3.17. The smallest absolute Gasteiger partial charge is 0.201 e. The number of hydrogen-bond acceptors (Lipinski definition) is 2. The van der Waals surface area contributed by atoms with E-state index in [-0.39, 0.29) is 5.54 Å². The fourth-order valence-electron chi connectivity index (χ4n) is 2.05. The van der Waals surface area contributed by atoms with Crippen molar-refractivity contribution < 1.29 is 0 Å². The van der Waals surface area contributed by atoms with Gasteiger partial charge in [-0.3, -0.25) is 0 Å². The lowest BCUT2D eigenvalue weighted by Crippen LogP contribution is -2.15. The average molecular weight is 222 g/mol. The second kappa shape index (κ2) is 2.67. The summed E-state index contributed by atoms with van der Waals surface area (Å²) in [5.74, 6) is 0.568. The molecule has 4 heteroatoms. The number of nitrogen functional groups attached to an aromatic ring is 1. The first-order valence-corrected chi connectivity index (χ1v) is 5.42. The van der Waals surface area contributed by atoms with Crippen LogP contribution in [0.15, 0.2) is 18.2 Å². The molecule has 0 bridgehead atoms. The van der Waals surface area contributed by atoms with Crippen molar-refractivity contribution in [2.45, 2.75) is 25.3 Å². The van der Waals surface area contributed by atoms with Crippen molar-refractivity contribution in [2.75, 3.05) is 5.73 Å². The van der Waals surface area contributed by atoms with E-state index in [1.54, 1.807) is 0 Å². The number of rotatable bonds is 1. The van der Waals surface area contributed by atoms with Gasteiger partial charge in [-0.05, 0) is 31.9 Å². The van der Waals surface area contributed by atoms with Gasteiger partial charge in [-0.1, -0.05) is 17.7 Å². The van der Waals surface area contributed by atoms with Gasteiger partial charge in [0.2, 0.25) is 5.95 Å². The number of benzene rings is 1. The van der Waals surface area contributed by atoms with Crippen LogP contribution in [0.2, 0.25) is 5.02 Å². The first-order valence-electron chi connectivity index (χ1n) is 5.05. The lowest BCUT2D eigenvalue weighted by Gasteiger charge is -2.14. The summed E-state index contributed by atoms with van der Waals surface area (Å²) in [5.41, 5.74) is 7.92. The molecule has 1 aliphatic rings. The van der Waals surface area contributed by atoms with Crippen LogP contribution in [0.1, 0.15) is 19.8 Å². The van der Waals surface area contributed by atoms with Gasteiger partial charge in [0.25, 0.3) is 0 Å². The summed E-state index contributed by atoms with van der Waals surface area (Å²) in [6.45, 7) is 2.19. The van der Waals surface area contributed by atoms with Crippen LogP contribution in [-0.4, -0.2) is 9.55 Å². The van der Waals surface area contributed by atoms with Gasteiger partial charge in [-0.15, -0.1) is 0 Å². The van der Waals surface area contributed by atoms with Crippen LogP contribution >= 0.6 is 11.6 Å². The van der Waals surface area contributed by atoms with E-state index in [0.29, 0.717) is 5.95 Å². The number of anilines is 1. The molecule has 0 saturated heterocycles. The number of hydrogen-bond donors (Lipinski definition) is 1. The van der Waals surface area contributed by atoms with Crippen molar-refractivity contribution in [1.82, 2.24) is 9.55 Å². The molecule has 1 heterocycles. The molecule has 15 heavy (non-hydrogen) atoms. The van der Waals surface area contributed by atoms with Gasteiger partial charge in [-0.2, -0.15) is 0 Å². The lowest BCUT2D eigenvalue weighted by molar-refractivity contribution is 0.557. The van der Waals surface area contributed by atoms with Gasteiger partial charge in [0.05, 0.1) is 16.1 Å². The standard InChI is InChI=1S/C11H12ClN3/c1-11(5-6-11)15-9-7(12)3-2-4-8(9)14-10(15)13/h2-4H,5-6H2,1H3,(H2,13,14). The first kappa shape index (κ1) is 9.04. The zero-order chi connectivity index (χ0) is 10.6. The second-order valence-corrected chi connectivity index (χ2v) is 4.82. The van der Waals surface area contributed by atoms with Gasteiger partial charge in [0.15, 0.2) is 0 Å². The molecule has 3 nitrogen and oxygen atoms in total. The minimum Gasteiger partial charge on any atom is -0.369 e. The SMILES string of the molecule is CC1(n2c(N)nc3cccc(Cl)c32)CC1. The van der Waals surface area contributed by atoms with Crippen LogP contribution in [0, 0.1) is 0 Å². The Labute approximate surface area is 92.8 Å². The Balaban J connectivity index is 2.41. The van der Waals surface area contributed by atoms with E-state index in [0.717, 1.165) is 28.9 Å². The molecule has 3 rings (SSSR count). The zero-order valence-corrected chi connectivity index (χ0v) is 9.25. The van der Waals surface area contributed by atoms with Crippen LogP contribution in [0.3, 0.4) is 0 Å². The van der Waals surface area contributed by atoms with Crippen molar-refractivity contribution >= 4 is 28.6 Å². The molecule has 1 aromatic carbocycles. The Hall–Kier alpha value is -1.22. The number of imidazole rings is 1. The minimum absolute atomic E-state index is 0.129. The molecule has 0 atom stereocenters. The molecule has 0 radical (unpaired) electrons. The van der Waals surface area contributed by atoms with Gasteiger partial charge in [0, 0.05) is 5.54 Å². The Morgan fingerprint density at radius 1 is 1.47 bits per heavy atom. The van der Waals surface area contributed by atoms with E-state index in [2.05, 4.69) is 16.5 Å². The molecule has 2 N–H and O–H groups in total. The van der Waals surface area contributed by atoms with Crippen molar-refractivity contribution in [3.05, 3.63) is 23.2 Å². The van der Waals surface area contributed by atoms with Crippen molar-refractivity contribution in [3.63, 3.8) is 0 Å². The average Bonchev–Trinajstić information content (AvgIpc) is 2.79. The fourth-order valence-corrected chi connectivity index (χ4v) is 2.31. The van der Waals surface area contributed by atoms with Crippen LogP contribution in [-0.2, 0) is 5.54 Å². The molecular formula is C11H12ClN3. The number of nitrogens with zero attached hydrogens (tertiary/aromatic N) is 2. The van der Waals surface area contributed by atoms with E-state index < -0.39 is 0 Å². The number of para-hydroxylation sites is 1. The number of nitrogens with two attached hydrogens (primary N) is 1. The van der Waals surface area contributed by atoms with Gasteiger partial charge in [-0.25, -0.2) is 4.98 Å². The number of fused-ring (bicyclic) bond motifs is 1. The highest BCUT2D eigenvalue weighted by Gasteiger charge is 2.42. The second-order valence-electron chi connectivity index (χ2n) is 4.41. The normalized spacial score (nSPS) is 18.3. The van der Waals surface area contributed by atoms with Crippen molar-refractivity contribution in [2.24, 2.45) is 0 Å². The largest absolute Gasteiger partial charge is 0.369 e. The molecule has 78 valence electrons. The van der Waals surface area contributed by atoms with Gasteiger partial charge < -0.3 is 10.3 Å². The minimum atomic E-state index is 0.129. The van der Waals surface area contributed by atoms with Crippen LogP contribution in [0.25, 0.3) is 11.0 Å². The Morgan fingerprint density at radius 2 is 2.20 bits per heavy atom. The summed E-state index contributed by atoms with van der Waals surface area (Å²) in [7, 11) is 0. The van der Waals surface area contributed by atoms with E-state index in [4.69, 9.17) is 17.3 Å². The summed E-state index contributed by atoms with van der Waals surface area (Å²) in [4.78, 5) is 4.34. The monoisotopic (exact) mass is 221 g/mol. The molecule has 1 saturated carbocycles. The zero-order valence-electron chi connectivity index (χ0n) is 8.50. The van der Waals surface area contributed by atoms with Crippen molar-refractivity contribution in [3.8, 4) is 0 Å². The molecule has 0 amide bonds. The van der Waals surface area contributed by atoms with Crippen molar-refractivity contribution in [1.29, 1.82) is 0 Å². The maximum absolute atomic E-state index is 6.19. The highest BCUT2D eigenvalue weighted by molar-refractivity contribution is 6.35. The van der Waals surface area contributed by atoms with Crippen LogP contribution in [0.5, 0.6) is 0 Å². The fraction of sp³-hybridized carbons (Fsp3) is 0.364. The molecule has 0 unspecified atom stereocenters. The maximum atomic E-state index is 6.19. The molecule has 0 spiro atoms. The predicted molar refractivity (Wildman–Crippen MR) is 62.0 cm³/mol. The maximum Gasteiger partial charge on any atom is 0.201 e. The third-order valence-corrected chi connectivity index (χ3v) is 3.47. The molecule has 1 aromatic heterocycles. The Kier molecular flexibility index (Phi) is 1.61. The van der Waals surface area contributed by atoms with Crippen LogP contribution < -0.4 is 5.73 Å². The molecule has 2 aromatic rings. The first-order chi connectivity index (χ1) is 7.12. The summed E-state index contributed by atoms with van der Waals surface area (Å²) in [5, 5.41) is 0.727. The molecular weight excluding hydrogens is 210 g/mol. The highest BCUT2D eigenvalue weighted by Crippen LogP contribution is 2.47. The topological polar surface area (TPSA) is 43.8 Å².